The summed E-state index contributed by atoms with van der Waals surface area (Å²) in [6, 6.07) is 6.25. The number of halogens is 1. The molecule has 0 aliphatic carbocycles. The summed E-state index contributed by atoms with van der Waals surface area (Å²) >= 11 is 7.83. The molecule has 3 aromatic rings. The standard InChI is InChI=1S/C16H18ClN3S/c1-2-13(18)7-11-9-20(10-16-19-5-6-21-16)15-8-12(17)3-4-14(11)15/h3-6,8-9,13H,2,7,10,18H2,1H3. The summed E-state index contributed by atoms with van der Waals surface area (Å²) in [5, 5.41) is 5.09. The lowest BCUT2D eigenvalue weighted by molar-refractivity contribution is 0.646. The molecule has 1 atom stereocenters. The summed E-state index contributed by atoms with van der Waals surface area (Å²) in [5.41, 5.74) is 8.56. The number of nitrogens with zero attached hydrogens (tertiary/aromatic N) is 2. The largest absolute Gasteiger partial charge is 0.340 e. The van der Waals surface area contributed by atoms with Crippen molar-refractivity contribution in [2.75, 3.05) is 0 Å². The Morgan fingerprint density at radius 1 is 1.43 bits per heavy atom. The maximum atomic E-state index is 6.16. The smallest absolute Gasteiger partial charge is 0.112 e. The van der Waals surface area contributed by atoms with Crippen molar-refractivity contribution < 1.29 is 0 Å². The van der Waals surface area contributed by atoms with E-state index in [0.29, 0.717) is 0 Å². The van der Waals surface area contributed by atoms with Gasteiger partial charge in [-0.15, -0.1) is 11.3 Å². The van der Waals surface area contributed by atoms with Crippen LogP contribution in [0.4, 0.5) is 0 Å². The maximum absolute atomic E-state index is 6.16. The van der Waals surface area contributed by atoms with Crippen molar-refractivity contribution >= 4 is 33.8 Å². The van der Waals surface area contributed by atoms with Gasteiger partial charge in [0.1, 0.15) is 5.01 Å². The van der Waals surface area contributed by atoms with Crippen LogP contribution in [0.15, 0.2) is 36.0 Å². The van der Waals surface area contributed by atoms with E-state index in [9.17, 15) is 0 Å². The molecule has 3 nitrogen and oxygen atoms in total. The second-order valence-electron chi connectivity index (χ2n) is 5.24. The lowest BCUT2D eigenvalue weighted by atomic mass is 10.0. The van der Waals surface area contributed by atoms with E-state index < -0.39 is 0 Å². The van der Waals surface area contributed by atoms with Crippen molar-refractivity contribution in [1.29, 1.82) is 0 Å². The molecule has 1 unspecified atom stereocenters. The van der Waals surface area contributed by atoms with E-state index in [1.807, 2.05) is 23.7 Å². The van der Waals surface area contributed by atoms with Crippen LogP contribution in [-0.4, -0.2) is 15.6 Å². The zero-order chi connectivity index (χ0) is 14.8. The molecule has 0 aliphatic rings. The van der Waals surface area contributed by atoms with Gasteiger partial charge < -0.3 is 10.3 Å². The van der Waals surface area contributed by atoms with Crippen LogP contribution in [0, 0.1) is 0 Å². The lowest BCUT2D eigenvalue weighted by Crippen LogP contribution is -2.21. The normalized spacial score (nSPS) is 12.9. The first-order chi connectivity index (χ1) is 10.2. The van der Waals surface area contributed by atoms with Crippen LogP contribution in [0.3, 0.4) is 0 Å². The molecule has 110 valence electrons. The van der Waals surface area contributed by atoms with Gasteiger partial charge in [-0.05, 0) is 30.5 Å². The second-order valence-corrected chi connectivity index (χ2v) is 6.66. The first kappa shape index (κ1) is 14.6. The molecule has 2 heterocycles. The molecule has 3 rings (SSSR count). The molecular formula is C16H18ClN3S. The van der Waals surface area contributed by atoms with Crippen LogP contribution in [-0.2, 0) is 13.0 Å². The quantitative estimate of drug-likeness (QED) is 0.770. The van der Waals surface area contributed by atoms with Crippen LogP contribution in [0.1, 0.15) is 23.9 Å². The van der Waals surface area contributed by atoms with Gasteiger partial charge in [0.25, 0.3) is 0 Å². The van der Waals surface area contributed by atoms with Crippen LogP contribution in [0.5, 0.6) is 0 Å². The molecular weight excluding hydrogens is 302 g/mol. The van der Waals surface area contributed by atoms with Crippen LogP contribution in [0.25, 0.3) is 10.9 Å². The van der Waals surface area contributed by atoms with Crippen molar-refractivity contribution in [3.63, 3.8) is 0 Å². The molecule has 0 radical (unpaired) electrons. The first-order valence-corrected chi connectivity index (χ1v) is 8.34. The third-order valence-corrected chi connectivity index (χ3v) is 4.72. The highest BCUT2D eigenvalue weighted by Gasteiger charge is 2.12. The van der Waals surface area contributed by atoms with Crippen LogP contribution >= 0.6 is 22.9 Å². The van der Waals surface area contributed by atoms with Crippen molar-refractivity contribution in [2.24, 2.45) is 5.73 Å². The average Bonchev–Trinajstić information content (AvgIpc) is 3.08. The molecule has 1 aromatic carbocycles. The van der Waals surface area contributed by atoms with E-state index in [0.717, 1.165) is 34.9 Å². The molecule has 0 spiro atoms. The van der Waals surface area contributed by atoms with E-state index >= 15 is 0 Å². The van der Waals surface area contributed by atoms with Crippen molar-refractivity contribution in [2.45, 2.75) is 32.4 Å². The summed E-state index contributed by atoms with van der Waals surface area (Å²) < 4.78 is 2.22. The molecule has 0 fully saturated rings. The number of benzene rings is 1. The molecule has 0 saturated heterocycles. The van der Waals surface area contributed by atoms with Crippen molar-refractivity contribution in [3.05, 3.63) is 51.6 Å². The predicted molar refractivity (Wildman–Crippen MR) is 90.1 cm³/mol. The summed E-state index contributed by atoms with van der Waals surface area (Å²) in [6.45, 7) is 2.90. The van der Waals surface area contributed by atoms with E-state index in [-0.39, 0.29) is 6.04 Å². The zero-order valence-corrected chi connectivity index (χ0v) is 13.5. The number of aromatic nitrogens is 2. The maximum Gasteiger partial charge on any atom is 0.112 e. The topological polar surface area (TPSA) is 43.8 Å². The summed E-state index contributed by atoms with van der Waals surface area (Å²) in [4.78, 5) is 4.37. The van der Waals surface area contributed by atoms with Gasteiger partial charge in [-0.3, -0.25) is 0 Å². The number of nitrogens with two attached hydrogens (primary N) is 1. The zero-order valence-electron chi connectivity index (χ0n) is 11.9. The minimum Gasteiger partial charge on any atom is -0.340 e. The molecule has 0 saturated carbocycles. The monoisotopic (exact) mass is 319 g/mol. The minimum atomic E-state index is 0.194. The summed E-state index contributed by atoms with van der Waals surface area (Å²) in [6.07, 6.45) is 5.90. The summed E-state index contributed by atoms with van der Waals surface area (Å²) in [7, 11) is 0. The van der Waals surface area contributed by atoms with Crippen LogP contribution in [0.2, 0.25) is 5.02 Å². The van der Waals surface area contributed by atoms with E-state index in [1.54, 1.807) is 11.3 Å². The first-order valence-electron chi connectivity index (χ1n) is 7.08. The third-order valence-electron chi connectivity index (χ3n) is 3.72. The average molecular weight is 320 g/mol. The highest BCUT2D eigenvalue weighted by molar-refractivity contribution is 7.09. The number of rotatable bonds is 5. The number of fused-ring (bicyclic) bond motifs is 1. The van der Waals surface area contributed by atoms with Crippen LogP contribution < -0.4 is 5.73 Å². The molecule has 5 heteroatoms. The van der Waals surface area contributed by atoms with Gasteiger partial charge in [-0.2, -0.15) is 0 Å². The SMILES string of the molecule is CCC(N)Cc1cn(Cc2nccs2)c2cc(Cl)ccc12. The Labute approximate surface area is 133 Å². The van der Waals surface area contributed by atoms with Gasteiger partial charge in [0.15, 0.2) is 0 Å². The highest BCUT2D eigenvalue weighted by atomic mass is 35.5. The van der Waals surface area contributed by atoms with Gasteiger partial charge in [-0.1, -0.05) is 24.6 Å². The fourth-order valence-corrected chi connectivity index (χ4v) is 3.32. The highest BCUT2D eigenvalue weighted by Crippen LogP contribution is 2.27. The molecule has 2 N–H and O–H groups in total. The molecule has 0 amide bonds. The molecule has 0 bridgehead atoms. The number of thiazole rings is 1. The lowest BCUT2D eigenvalue weighted by Gasteiger charge is -2.06. The summed E-state index contributed by atoms with van der Waals surface area (Å²) in [5.74, 6) is 0. The number of hydrogen-bond donors (Lipinski definition) is 1. The van der Waals surface area contributed by atoms with Crippen molar-refractivity contribution in [3.8, 4) is 0 Å². The third kappa shape index (κ3) is 3.12. The molecule has 0 aliphatic heterocycles. The molecule has 21 heavy (non-hydrogen) atoms. The van der Waals surface area contributed by atoms with Gasteiger partial charge in [0.05, 0.1) is 12.1 Å². The van der Waals surface area contributed by atoms with E-state index in [1.165, 1.54) is 10.9 Å². The van der Waals surface area contributed by atoms with Gasteiger partial charge in [-0.25, -0.2) is 4.98 Å². The minimum absolute atomic E-state index is 0.194. The fraction of sp³-hybridized carbons (Fsp3) is 0.312. The Bertz CT molecular complexity index is 733. The van der Waals surface area contributed by atoms with Gasteiger partial charge in [0.2, 0.25) is 0 Å². The van der Waals surface area contributed by atoms with Crippen molar-refractivity contribution in [1.82, 2.24) is 9.55 Å². The van der Waals surface area contributed by atoms with Gasteiger partial charge >= 0.3 is 0 Å². The Morgan fingerprint density at radius 2 is 2.29 bits per heavy atom. The Morgan fingerprint density at radius 3 is 3.00 bits per heavy atom. The van der Waals surface area contributed by atoms with E-state index in [2.05, 4.69) is 28.7 Å². The Balaban J connectivity index is 2.04. The number of hydrogen-bond acceptors (Lipinski definition) is 3. The van der Waals surface area contributed by atoms with E-state index in [4.69, 9.17) is 17.3 Å². The predicted octanol–water partition coefficient (Wildman–Crippen LogP) is 4.08. The Hall–Kier alpha value is -1.36. The fourth-order valence-electron chi connectivity index (χ4n) is 2.54. The molecule has 2 aromatic heterocycles. The van der Waals surface area contributed by atoms with Gasteiger partial charge in [0, 0.05) is 34.2 Å². The second kappa shape index (κ2) is 6.18. The Kier molecular flexibility index (Phi) is 4.29.